The molecule has 2 N–H and O–H groups in total. The third-order valence-corrected chi connectivity index (χ3v) is 3.96. The van der Waals surface area contributed by atoms with Crippen LogP contribution < -0.4 is 11.2 Å². The van der Waals surface area contributed by atoms with E-state index >= 15 is 0 Å². The Hall–Kier alpha value is -1.08. The molecule has 0 bridgehead atoms. The molecular formula is C9H11FN2O3S. The van der Waals surface area contributed by atoms with Crippen LogP contribution in [0.5, 0.6) is 0 Å². The van der Waals surface area contributed by atoms with Gasteiger partial charge in [-0.05, 0) is 0 Å². The lowest BCUT2D eigenvalue weighted by Gasteiger charge is -2.16. The van der Waals surface area contributed by atoms with Gasteiger partial charge >= 0.3 is 5.69 Å². The average Bonchev–Trinajstić information content (AvgIpc) is 2.60. The highest BCUT2D eigenvalue weighted by Gasteiger charge is 2.38. The van der Waals surface area contributed by atoms with Crippen LogP contribution in [0.3, 0.4) is 0 Å². The van der Waals surface area contributed by atoms with Gasteiger partial charge in [-0.2, -0.15) is 11.8 Å². The summed E-state index contributed by atoms with van der Waals surface area (Å²) in [4.78, 5) is 24.4. The Kier molecular flexibility index (Phi) is 3.15. The van der Waals surface area contributed by atoms with Crippen molar-refractivity contribution in [3.63, 3.8) is 0 Å². The van der Waals surface area contributed by atoms with Gasteiger partial charge in [0.15, 0.2) is 0 Å². The highest BCUT2D eigenvalue weighted by atomic mass is 32.2. The molecule has 2 heterocycles. The Balaban J connectivity index is 2.32. The standard InChI is InChI=1S/C9H11FN2O3S/c10-8-5(4-16-6(8)3-13)12-2-1-7(14)11-9(12)15/h1-2,5-6,8,13H,3-4H2,(H,11,14,15)/t5-,6-,8+/m1/s1. The van der Waals surface area contributed by atoms with Gasteiger partial charge in [-0.25, -0.2) is 9.18 Å². The first kappa shape index (κ1) is 11.4. The van der Waals surface area contributed by atoms with E-state index in [1.165, 1.54) is 28.6 Å². The molecule has 1 saturated heterocycles. The molecule has 2 rings (SSSR count). The average molecular weight is 246 g/mol. The first-order valence-corrected chi connectivity index (χ1v) is 5.86. The van der Waals surface area contributed by atoms with Crippen molar-refractivity contribution in [3.05, 3.63) is 33.1 Å². The van der Waals surface area contributed by atoms with Crippen molar-refractivity contribution in [2.24, 2.45) is 0 Å². The Morgan fingerprint density at radius 3 is 2.94 bits per heavy atom. The molecular weight excluding hydrogens is 235 g/mol. The van der Waals surface area contributed by atoms with Crippen LogP contribution in [0.4, 0.5) is 4.39 Å². The molecule has 5 nitrogen and oxygen atoms in total. The van der Waals surface area contributed by atoms with E-state index in [9.17, 15) is 14.0 Å². The zero-order valence-electron chi connectivity index (χ0n) is 8.30. The summed E-state index contributed by atoms with van der Waals surface area (Å²) in [5.41, 5.74) is -1.11. The maximum Gasteiger partial charge on any atom is 0.328 e. The summed E-state index contributed by atoms with van der Waals surface area (Å²) in [5.74, 6) is 0.415. The van der Waals surface area contributed by atoms with Gasteiger partial charge in [-0.15, -0.1) is 0 Å². The number of hydrogen-bond acceptors (Lipinski definition) is 4. The number of nitrogens with zero attached hydrogens (tertiary/aromatic N) is 1. The molecule has 0 spiro atoms. The third kappa shape index (κ3) is 1.92. The van der Waals surface area contributed by atoms with E-state index in [0.29, 0.717) is 5.75 Å². The molecule has 1 aromatic rings. The minimum atomic E-state index is -1.28. The number of hydrogen-bond donors (Lipinski definition) is 2. The van der Waals surface area contributed by atoms with Gasteiger partial charge in [-0.3, -0.25) is 14.3 Å². The Bertz CT molecular complexity index is 486. The second-order valence-electron chi connectivity index (χ2n) is 3.58. The first-order chi connectivity index (χ1) is 7.63. The molecule has 0 radical (unpaired) electrons. The summed E-state index contributed by atoms with van der Waals surface area (Å²) in [6.07, 6.45) is 0.0113. The fourth-order valence-electron chi connectivity index (χ4n) is 1.73. The fraction of sp³-hybridized carbons (Fsp3) is 0.556. The minimum absolute atomic E-state index is 0.250. The maximum atomic E-state index is 13.8. The van der Waals surface area contributed by atoms with Crippen LogP contribution >= 0.6 is 11.8 Å². The number of aromatic amines is 1. The summed E-state index contributed by atoms with van der Waals surface area (Å²) >= 11 is 1.29. The van der Waals surface area contributed by atoms with E-state index in [1.807, 2.05) is 0 Å². The molecule has 1 aliphatic heterocycles. The topological polar surface area (TPSA) is 75.1 Å². The number of thioether (sulfide) groups is 1. The molecule has 0 amide bonds. The molecule has 16 heavy (non-hydrogen) atoms. The van der Waals surface area contributed by atoms with E-state index in [0.717, 1.165) is 0 Å². The summed E-state index contributed by atoms with van der Waals surface area (Å²) in [5, 5.41) is 8.41. The van der Waals surface area contributed by atoms with Crippen molar-refractivity contribution >= 4 is 11.8 Å². The third-order valence-electron chi connectivity index (χ3n) is 2.59. The largest absolute Gasteiger partial charge is 0.395 e. The summed E-state index contributed by atoms with van der Waals surface area (Å²) in [7, 11) is 0. The summed E-state index contributed by atoms with van der Waals surface area (Å²) in [6, 6.07) is 0.567. The highest BCUT2D eigenvalue weighted by Crippen LogP contribution is 2.36. The molecule has 1 fully saturated rings. The first-order valence-electron chi connectivity index (χ1n) is 4.81. The lowest BCUT2D eigenvalue weighted by Crippen LogP contribution is -2.36. The predicted octanol–water partition coefficient (Wildman–Crippen LogP) is -0.477. The van der Waals surface area contributed by atoms with Gasteiger partial charge in [0.25, 0.3) is 5.56 Å². The molecule has 1 aromatic heterocycles. The van der Waals surface area contributed by atoms with Gasteiger partial charge in [-0.1, -0.05) is 0 Å². The Labute approximate surface area is 94.3 Å². The molecule has 88 valence electrons. The van der Waals surface area contributed by atoms with Gasteiger partial charge in [0, 0.05) is 18.0 Å². The molecule has 1 aliphatic rings. The normalized spacial score (nSPS) is 29.5. The number of aliphatic hydroxyl groups is 1. The van der Waals surface area contributed by atoms with Gasteiger partial charge in [0.1, 0.15) is 6.17 Å². The maximum absolute atomic E-state index is 13.8. The number of nitrogens with one attached hydrogen (secondary N) is 1. The molecule has 7 heteroatoms. The van der Waals surface area contributed by atoms with Crippen LogP contribution in [0.2, 0.25) is 0 Å². The van der Waals surface area contributed by atoms with Crippen LogP contribution in [0, 0.1) is 0 Å². The second kappa shape index (κ2) is 4.42. The van der Waals surface area contributed by atoms with E-state index in [1.54, 1.807) is 0 Å². The summed E-state index contributed by atoms with van der Waals surface area (Å²) in [6.45, 7) is -0.250. The molecule has 0 aromatic carbocycles. The van der Waals surface area contributed by atoms with Crippen molar-refractivity contribution in [2.75, 3.05) is 12.4 Å². The quantitative estimate of drug-likeness (QED) is 0.739. The lowest BCUT2D eigenvalue weighted by molar-refractivity contribution is 0.196. The molecule has 0 unspecified atom stereocenters. The van der Waals surface area contributed by atoms with Crippen LogP contribution in [-0.4, -0.2) is 38.4 Å². The summed E-state index contributed by atoms with van der Waals surface area (Å²) < 4.78 is 15.0. The van der Waals surface area contributed by atoms with Crippen LogP contribution in [0.1, 0.15) is 6.04 Å². The van der Waals surface area contributed by atoms with E-state index in [-0.39, 0.29) is 6.61 Å². The zero-order chi connectivity index (χ0) is 11.7. The predicted molar refractivity (Wildman–Crippen MR) is 58.6 cm³/mol. The van der Waals surface area contributed by atoms with Gasteiger partial charge in [0.05, 0.1) is 17.9 Å². The van der Waals surface area contributed by atoms with Crippen molar-refractivity contribution in [1.82, 2.24) is 9.55 Å². The highest BCUT2D eigenvalue weighted by molar-refractivity contribution is 8.00. The number of aliphatic hydroxyl groups excluding tert-OH is 1. The number of rotatable bonds is 2. The van der Waals surface area contributed by atoms with Crippen LogP contribution in [0.25, 0.3) is 0 Å². The van der Waals surface area contributed by atoms with Crippen LogP contribution in [0.15, 0.2) is 21.9 Å². The van der Waals surface area contributed by atoms with Crippen molar-refractivity contribution in [3.8, 4) is 0 Å². The molecule has 0 saturated carbocycles. The van der Waals surface area contributed by atoms with Gasteiger partial charge < -0.3 is 5.11 Å². The molecule has 3 atom stereocenters. The van der Waals surface area contributed by atoms with Crippen molar-refractivity contribution < 1.29 is 9.50 Å². The Morgan fingerprint density at radius 1 is 1.62 bits per heavy atom. The lowest BCUT2D eigenvalue weighted by atomic mass is 10.1. The van der Waals surface area contributed by atoms with E-state index < -0.39 is 28.7 Å². The van der Waals surface area contributed by atoms with Crippen molar-refractivity contribution in [1.29, 1.82) is 0 Å². The number of aromatic nitrogens is 2. The minimum Gasteiger partial charge on any atom is -0.395 e. The second-order valence-corrected chi connectivity index (χ2v) is 4.86. The number of H-pyrrole nitrogens is 1. The van der Waals surface area contributed by atoms with Crippen LogP contribution in [-0.2, 0) is 0 Å². The van der Waals surface area contributed by atoms with E-state index in [4.69, 9.17) is 5.11 Å². The number of alkyl halides is 1. The van der Waals surface area contributed by atoms with Crippen molar-refractivity contribution in [2.45, 2.75) is 17.5 Å². The number of halogens is 1. The Morgan fingerprint density at radius 2 is 2.38 bits per heavy atom. The monoisotopic (exact) mass is 246 g/mol. The van der Waals surface area contributed by atoms with E-state index in [2.05, 4.69) is 4.98 Å². The smallest absolute Gasteiger partial charge is 0.328 e. The molecule has 0 aliphatic carbocycles. The zero-order valence-corrected chi connectivity index (χ0v) is 9.11. The van der Waals surface area contributed by atoms with Gasteiger partial charge in [0.2, 0.25) is 0 Å². The SMILES string of the molecule is O=c1ccn([C@@H]2CS[C@H](CO)[C@H]2F)c(=O)[nH]1. The fourth-order valence-corrected chi connectivity index (χ4v) is 2.99.